The maximum absolute atomic E-state index is 16.0. The number of imidazole rings is 1. The second-order valence-electron chi connectivity index (χ2n) is 13.3. The normalized spacial score (nSPS) is 15.0. The lowest BCUT2D eigenvalue weighted by Crippen LogP contribution is -2.33. The summed E-state index contributed by atoms with van der Waals surface area (Å²) >= 11 is 0. The van der Waals surface area contributed by atoms with Crippen LogP contribution in [-0.2, 0) is 11.0 Å². The number of aromatic nitrogens is 2. The minimum absolute atomic E-state index is 0.746. The number of benzene rings is 8. The van der Waals surface area contributed by atoms with Gasteiger partial charge in [0, 0.05) is 27.9 Å². The van der Waals surface area contributed by atoms with Crippen LogP contribution >= 0.6 is 7.14 Å². The first kappa shape index (κ1) is 29.9. The summed E-state index contributed by atoms with van der Waals surface area (Å²) in [6, 6.07) is 59.6. The summed E-state index contributed by atoms with van der Waals surface area (Å²) in [5, 5.41) is 7.23. The summed E-state index contributed by atoms with van der Waals surface area (Å²) in [6.45, 7) is 2.15. The maximum atomic E-state index is 16.0. The molecule has 0 saturated carbocycles. The quantitative estimate of drug-likeness (QED) is 0.135. The highest BCUT2D eigenvalue weighted by Gasteiger charge is 2.41. The molecule has 8 aromatic carbocycles. The summed E-state index contributed by atoms with van der Waals surface area (Å²) in [5.74, 6) is 0.966. The van der Waals surface area contributed by atoms with E-state index in [2.05, 4.69) is 139 Å². The van der Waals surface area contributed by atoms with Gasteiger partial charge in [0.05, 0.1) is 16.7 Å². The zero-order valence-corrected chi connectivity index (χ0v) is 29.0. The minimum atomic E-state index is -3.28. The van der Waals surface area contributed by atoms with Gasteiger partial charge in [-0.05, 0) is 73.6 Å². The van der Waals surface area contributed by atoms with Gasteiger partial charge in [-0.1, -0.05) is 153 Å². The summed E-state index contributed by atoms with van der Waals surface area (Å²) in [6.07, 6.45) is 0.746. The number of para-hydroxylation sites is 2. The molecule has 1 aliphatic heterocycles. The SMILES string of the molecule is CCc1nc2cccc3c2n1-c1c(-c2c4ccccc4c(-c4cccc(-c5ccccc5)c4)c4ccccc24)cccc1P3(=O)c1ccccc1. The average Bonchev–Trinajstić information content (AvgIpc) is 3.58. The van der Waals surface area contributed by atoms with E-state index in [-0.39, 0.29) is 0 Å². The van der Waals surface area contributed by atoms with Crippen LogP contribution in [0.15, 0.2) is 170 Å². The summed E-state index contributed by atoms with van der Waals surface area (Å²) in [7, 11) is -3.28. The number of hydrogen-bond donors (Lipinski definition) is 0. The Labute approximate surface area is 296 Å². The Balaban J connectivity index is 1.34. The Hall–Kier alpha value is -6.02. The zero-order chi connectivity index (χ0) is 34.1. The van der Waals surface area contributed by atoms with E-state index in [0.717, 1.165) is 66.8 Å². The lowest BCUT2D eigenvalue weighted by molar-refractivity contribution is 0.592. The summed E-state index contributed by atoms with van der Waals surface area (Å²) in [4.78, 5) is 5.15. The van der Waals surface area contributed by atoms with E-state index in [1.165, 1.54) is 33.0 Å². The maximum Gasteiger partial charge on any atom is 0.175 e. The standard InChI is InChI=1S/C47H33N2OP/c1-2-43-48-40-27-15-29-42-47(40)49(43)46-39(26-14-28-41(46)51(42,50)34-20-7-4-8-21-34)45-37-24-11-9-22-35(37)44(36-23-10-12-25-38(36)45)33-19-13-18-32(30-33)31-16-5-3-6-17-31/h3-30H,2H2,1H3. The van der Waals surface area contributed by atoms with Gasteiger partial charge >= 0.3 is 0 Å². The van der Waals surface area contributed by atoms with Crippen molar-refractivity contribution in [2.45, 2.75) is 13.3 Å². The fourth-order valence-electron chi connectivity index (χ4n) is 8.37. The van der Waals surface area contributed by atoms with Gasteiger partial charge in [0.1, 0.15) is 5.82 Å². The largest absolute Gasteiger partial charge is 0.308 e. The molecule has 1 atom stereocenters. The molecule has 0 bridgehead atoms. The van der Waals surface area contributed by atoms with E-state index < -0.39 is 7.14 Å². The van der Waals surface area contributed by atoms with E-state index in [4.69, 9.17) is 4.98 Å². The Morgan fingerprint density at radius 2 is 1.08 bits per heavy atom. The van der Waals surface area contributed by atoms with Gasteiger partial charge in [-0.25, -0.2) is 4.98 Å². The number of hydrogen-bond acceptors (Lipinski definition) is 2. The Kier molecular flexibility index (Phi) is 6.74. The molecule has 3 nitrogen and oxygen atoms in total. The minimum Gasteiger partial charge on any atom is -0.308 e. The molecule has 0 spiro atoms. The predicted octanol–water partition coefficient (Wildman–Crippen LogP) is 10.8. The van der Waals surface area contributed by atoms with Gasteiger partial charge < -0.3 is 4.57 Å². The van der Waals surface area contributed by atoms with E-state index in [0.29, 0.717) is 0 Å². The number of fused-ring (bicyclic) bond motifs is 4. The first-order valence-electron chi connectivity index (χ1n) is 17.6. The number of rotatable bonds is 5. The van der Waals surface area contributed by atoms with Gasteiger partial charge in [-0.3, -0.25) is 4.57 Å². The zero-order valence-electron chi connectivity index (χ0n) is 28.1. The molecule has 1 aliphatic rings. The van der Waals surface area contributed by atoms with Crippen molar-refractivity contribution in [3.63, 3.8) is 0 Å². The van der Waals surface area contributed by atoms with Crippen molar-refractivity contribution in [1.29, 1.82) is 0 Å². The highest BCUT2D eigenvalue weighted by Crippen LogP contribution is 2.53. The number of nitrogens with zero attached hydrogens (tertiary/aromatic N) is 2. The van der Waals surface area contributed by atoms with Crippen LogP contribution in [0.4, 0.5) is 0 Å². The molecule has 0 aliphatic carbocycles. The molecule has 1 aromatic heterocycles. The van der Waals surface area contributed by atoms with Crippen molar-refractivity contribution in [3.05, 3.63) is 176 Å². The molecule has 242 valence electrons. The van der Waals surface area contributed by atoms with Crippen LogP contribution < -0.4 is 15.9 Å². The molecular formula is C47H33N2OP. The predicted molar refractivity (Wildman–Crippen MR) is 215 cm³/mol. The Morgan fingerprint density at radius 3 is 1.76 bits per heavy atom. The van der Waals surface area contributed by atoms with Crippen LogP contribution in [0.2, 0.25) is 0 Å². The highest BCUT2D eigenvalue weighted by atomic mass is 31.2. The molecule has 2 heterocycles. The fourth-order valence-corrected chi connectivity index (χ4v) is 11.4. The Morgan fingerprint density at radius 1 is 0.529 bits per heavy atom. The van der Waals surface area contributed by atoms with E-state index in [9.17, 15) is 0 Å². The Bertz CT molecular complexity index is 2820. The van der Waals surface area contributed by atoms with E-state index in [1.807, 2.05) is 42.5 Å². The molecule has 9 aromatic rings. The molecule has 10 rings (SSSR count). The van der Waals surface area contributed by atoms with Crippen molar-refractivity contribution in [2.75, 3.05) is 0 Å². The molecule has 0 saturated heterocycles. The topological polar surface area (TPSA) is 34.9 Å². The van der Waals surface area contributed by atoms with Crippen molar-refractivity contribution >= 4 is 55.6 Å². The third-order valence-corrected chi connectivity index (χ3v) is 13.6. The van der Waals surface area contributed by atoms with E-state index in [1.54, 1.807) is 0 Å². The van der Waals surface area contributed by atoms with E-state index >= 15 is 4.57 Å². The lowest BCUT2D eigenvalue weighted by atomic mass is 9.85. The van der Waals surface area contributed by atoms with Gasteiger partial charge in [0.25, 0.3) is 0 Å². The molecule has 0 radical (unpaired) electrons. The molecular weight excluding hydrogens is 640 g/mol. The van der Waals surface area contributed by atoms with Gasteiger partial charge in [0.15, 0.2) is 7.14 Å². The molecule has 0 N–H and O–H groups in total. The van der Waals surface area contributed by atoms with Gasteiger partial charge in [-0.2, -0.15) is 0 Å². The smallest absolute Gasteiger partial charge is 0.175 e. The molecule has 51 heavy (non-hydrogen) atoms. The van der Waals surface area contributed by atoms with Crippen molar-refractivity contribution in [2.24, 2.45) is 0 Å². The van der Waals surface area contributed by atoms with Crippen LogP contribution in [0.25, 0.3) is 71.6 Å². The van der Waals surface area contributed by atoms with Crippen LogP contribution in [0, 0.1) is 0 Å². The van der Waals surface area contributed by atoms with Crippen LogP contribution in [0.3, 0.4) is 0 Å². The summed E-state index contributed by atoms with van der Waals surface area (Å²) < 4.78 is 18.3. The summed E-state index contributed by atoms with van der Waals surface area (Å²) in [5.41, 5.74) is 9.78. The molecule has 0 amide bonds. The highest BCUT2D eigenvalue weighted by molar-refractivity contribution is 7.86. The first-order chi connectivity index (χ1) is 25.2. The molecule has 4 heteroatoms. The van der Waals surface area contributed by atoms with Crippen LogP contribution in [-0.4, -0.2) is 9.55 Å². The third-order valence-electron chi connectivity index (χ3n) is 10.5. The second-order valence-corrected chi connectivity index (χ2v) is 16.0. The van der Waals surface area contributed by atoms with Crippen LogP contribution in [0.5, 0.6) is 0 Å². The fraction of sp³-hybridized carbons (Fsp3) is 0.0426. The van der Waals surface area contributed by atoms with Crippen molar-refractivity contribution in [1.82, 2.24) is 9.55 Å². The monoisotopic (exact) mass is 672 g/mol. The van der Waals surface area contributed by atoms with Gasteiger partial charge in [0.2, 0.25) is 0 Å². The second kappa shape index (κ2) is 11.5. The number of aryl methyl sites for hydroxylation is 1. The average molecular weight is 673 g/mol. The van der Waals surface area contributed by atoms with Gasteiger partial charge in [-0.15, -0.1) is 0 Å². The third kappa shape index (κ3) is 4.32. The lowest BCUT2D eigenvalue weighted by Gasteiger charge is -2.31. The molecule has 0 fully saturated rings. The van der Waals surface area contributed by atoms with Crippen molar-refractivity contribution < 1.29 is 4.57 Å². The molecule has 1 unspecified atom stereocenters. The van der Waals surface area contributed by atoms with Crippen LogP contribution in [0.1, 0.15) is 12.7 Å². The first-order valence-corrected chi connectivity index (χ1v) is 19.3. The van der Waals surface area contributed by atoms with Crippen molar-refractivity contribution in [3.8, 4) is 39.1 Å².